The lowest BCUT2D eigenvalue weighted by Gasteiger charge is -2.28. The van der Waals surface area contributed by atoms with Crippen molar-refractivity contribution in [3.8, 4) is 11.5 Å². The number of hydrogen-bond donors (Lipinski definition) is 1. The molecule has 0 spiro atoms. The molecule has 0 radical (unpaired) electrons. The molecule has 0 unspecified atom stereocenters. The highest BCUT2D eigenvalue weighted by Gasteiger charge is 2.66. The monoisotopic (exact) mass is 546 g/mol. The Bertz CT molecular complexity index is 1250. The van der Waals surface area contributed by atoms with Gasteiger partial charge in [-0.05, 0) is 48.6 Å². The lowest BCUT2D eigenvalue weighted by Crippen LogP contribution is -2.37. The number of nitrogens with one attached hydrogen (secondary N) is 1. The minimum Gasteiger partial charge on any atom is -0.497 e. The molecule has 2 aromatic carbocycles. The number of halogens is 2. The zero-order chi connectivity index (χ0) is 26.4. The summed E-state index contributed by atoms with van der Waals surface area (Å²) in [6.07, 6.45) is 0.666. The summed E-state index contributed by atoms with van der Waals surface area (Å²) in [5, 5.41) is 1.91. The van der Waals surface area contributed by atoms with E-state index in [0.717, 1.165) is 4.90 Å². The second kappa shape index (κ2) is 9.87. The van der Waals surface area contributed by atoms with Crippen LogP contribution in [0.2, 0.25) is 0 Å². The number of carbonyl (C=O) groups is 4. The summed E-state index contributed by atoms with van der Waals surface area (Å²) in [6, 6.07) is 10.9. The Labute approximate surface area is 222 Å². The van der Waals surface area contributed by atoms with Crippen molar-refractivity contribution in [2.24, 2.45) is 23.7 Å². The van der Waals surface area contributed by atoms with E-state index in [9.17, 15) is 19.2 Å². The molecule has 37 heavy (non-hydrogen) atoms. The number of rotatable bonds is 7. The van der Waals surface area contributed by atoms with Crippen LogP contribution >= 0.6 is 23.2 Å². The van der Waals surface area contributed by atoms with Crippen molar-refractivity contribution in [2.45, 2.75) is 17.2 Å². The van der Waals surface area contributed by atoms with E-state index < -0.39 is 30.3 Å². The molecule has 2 bridgehead atoms. The Morgan fingerprint density at radius 1 is 0.973 bits per heavy atom. The van der Waals surface area contributed by atoms with Crippen LogP contribution in [0.4, 0.5) is 11.4 Å². The molecule has 6 atom stereocenters. The number of hydrogen-bond acceptors (Lipinski definition) is 7. The Morgan fingerprint density at radius 2 is 1.65 bits per heavy atom. The first kappa shape index (κ1) is 25.4. The van der Waals surface area contributed by atoms with Crippen molar-refractivity contribution in [2.75, 3.05) is 31.0 Å². The zero-order valence-electron chi connectivity index (χ0n) is 20.0. The molecule has 9 nitrogen and oxygen atoms in total. The molecule has 2 aliphatic carbocycles. The van der Waals surface area contributed by atoms with Gasteiger partial charge in [-0.3, -0.25) is 19.3 Å². The second-order valence-corrected chi connectivity index (χ2v) is 10.3. The molecule has 1 N–H and O–H groups in total. The normalized spacial score (nSPS) is 27.7. The fourth-order valence-corrected chi connectivity index (χ4v) is 6.58. The molecule has 5 rings (SSSR count). The number of alkyl halides is 2. The second-order valence-electron chi connectivity index (χ2n) is 9.26. The highest BCUT2D eigenvalue weighted by molar-refractivity contribution is 6.32. The van der Waals surface area contributed by atoms with E-state index in [1.54, 1.807) is 30.3 Å². The van der Waals surface area contributed by atoms with Crippen molar-refractivity contribution >= 4 is 58.3 Å². The van der Waals surface area contributed by atoms with Gasteiger partial charge in [0, 0.05) is 6.07 Å². The van der Waals surface area contributed by atoms with Crippen molar-refractivity contribution in [3.05, 3.63) is 48.0 Å². The van der Waals surface area contributed by atoms with Crippen LogP contribution in [0.25, 0.3) is 0 Å². The quantitative estimate of drug-likeness (QED) is 0.321. The van der Waals surface area contributed by atoms with E-state index in [4.69, 9.17) is 37.4 Å². The van der Waals surface area contributed by atoms with Gasteiger partial charge in [-0.1, -0.05) is 6.07 Å². The summed E-state index contributed by atoms with van der Waals surface area (Å²) in [5.74, 6) is -2.38. The molecule has 11 heteroatoms. The third-order valence-corrected chi connectivity index (χ3v) is 8.66. The third-order valence-electron chi connectivity index (χ3n) is 7.34. The fraction of sp³-hybridized carbons (Fsp3) is 0.385. The minimum atomic E-state index is -0.782. The Balaban J connectivity index is 1.26. The van der Waals surface area contributed by atoms with Crippen molar-refractivity contribution in [1.82, 2.24) is 0 Å². The number of ether oxygens (including phenoxy) is 3. The number of imide groups is 1. The summed E-state index contributed by atoms with van der Waals surface area (Å²) in [5.41, 5.74) is 0.713. The SMILES string of the molecule is COc1ccc(OC)c(NC(=O)COC(=O)c2cccc(N3C(=O)[C@@H]4[C@H]5C[C@@H]([C@H](Cl)[C@H]5Cl)[C@@H]4C3=O)c2)c1. The van der Waals surface area contributed by atoms with Crippen LogP contribution in [-0.2, 0) is 19.1 Å². The van der Waals surface area contributed by atoms with E-state index >= 15 is 0 Å². The number of nitrogens with zero attached hydrogens (tertiary/aromatic N) is 1. The summed E-state index contributed by atoms with van der Waals surface area (Å²) in [4.78, 5) is 52.6. The molecule has 1 saturated heterocycles. The predicted octanol–water partition coefficient (Wildman–Crippen LogP) is 3.47. The maximum absolute atomic E-state index is 13.2. The summed E-state index contributed by atoms with van der Waals surface area (Å²) in [7, 11) is 2.95. The molecule has 2 saturated carbocycles. The molecule has 1 aliphatic heterocycles. The van der Waals surface area contributed by atoms with Crippen molar-refractivity contribution < 1.29 is 33.4 Å². The summed E-state index contributed by atoms with van der Waals surface area (Å²) in [6.45, 7) is -0.563. The molecule has 0 aromatic heterocycles. The first-order valence-electron chi connectivity index (χ1n) is 11.7. The van der Waals surface area contributed by atoms with Gasteiger partial charge in [0.2, 0.25) is 11.8 Å². The topological polar surface area (TPSA) is 111 Å². The molecule has 1 heterocycles. The average Bonchev–Trinajstić information content (AvgIpc) is 3.51. The van der Waals surface area contributed by atoms with Crippen LogP contribution in [-0.4, -0.2) is 55.3 Å². The average molecular weight is 547 g/mol. The largest absolute Gasteiger partial charge is 0.497 e. The van der Waals surface area contributed by atoms with Gasteiger partial charge in [0.1, 0.15) is 11.5 Å². The summed E-state index contributed by atoms with van der Waals surface area (Å²) >= 11 is 12.8. The lowest BCUT2D eigenvalue weighted by molar-refractivity contribution is -0.123. The van der Waals surface area contributed by atoms with Crippen molar-refractivity contribution in [1.29, 1.82) is 0 Å². The highest BCUT2D eigenvalue weighted by Crippen LogP contribution is 2.59. The van der Waals surface area contributed by atoms with Crippen molar-refractivity contribution in [3.63, 3.8) is 0 Å². The zero-order valence-corrected chi connectivity index (χ0v) is 21.5. The van der Waals surface area contributed by atoms with Crippen LogP contribution in [0, 0.1) is 23.7 Å². The van der Waals surface area contributed by atoms with E-state index in [2.05, 4.69) is 5.32 Å². The Hall–Kier alpha value is -3.30. The number of fused-ring (bicyclic) bond motifs is 5. The number of methoxy groups -OCH3 is 2. The fourth-order valence-electron chi connectivity index (χ4n) is 5.69. The standard InChI is InChI=1S/C26H24Cl2N2O7/c1-35-14-6-7-18(36-2)17(9-14)29-19(31)11-37-26(34)12-4-3-5-13(8-12)30-24(32)20-15-10-16(21(20)25(30)33)23(28)22(15)27/h3-9,15-16,20-23H,10-11H2,1-2H3,(H,29,31)/t15-,16-,20-,21+,22+,23+/m1/s1. The smallest absolute Gasteiger partial charge is 0.338 e. The maximum atomic E-state index is 13.2. The minimum absolute atomic E-state index is 0.0929. The van der Waals surface area contributed by atoms with Gasteiger partial charge in [0.25, 0.3) is 5.91 Å². The number of anilines is 2. The first-order valence-corrected chi connectivity index (χ1v) is 12.6. The van der Waals surface area contributed by atoms with Gasteiger partial charge in [-0.25, -0.2) is 4.79 Å². The third kappa shape index (κ3) is 4.30. The molecule has 2 aromatic rings. The number of benzene rings is 2. The van der Waals surface area contributed by atoms with Crippen LogP contribution < -0.4 is 19.7 Å². The molecule has 194 valence electrons. The lowest BCUT2D eigenvalue weighted by atomic mass is 9.80. The van der Waals surface area contributed by atoms with Gasteiger partial charge < -0.3 is 19.5 Å². The van der Waals surface area contributed by atoms with Crippen LogP contribution in [0.15, 0.2) is 42.5 Å². The maximum Gasteiger partial charge on any atom is 0.338 e. The molecule has 3 fully saturated rings. The van der Waals surface area contributed by atoms with Gasteiger partial charge in [-0.2, -0.15) is 0 Å². The molecule has 3 aliphatic rings. The first-order chi connectivity index (χ1) is 17.7. The predicted molar refractivity (Wildman–Crippen MR) is 135 cm³/mol. The summed E-state index contributed by atoms with van der Waals surface area (Å²) < 4.78 is 15.5. The van der Waals surface area contributed by atoms with Crippen LogP contribution in [0.5, 0.6) is 11.5 Å². The molecular weight excluding hydrogens is 523 g/mol. The van der Waals surface area contributed by atoms with E-state index in [0.29, 0.717) is 23.6 Å². The van der Waals surface area contributed by atoms with Gasteiger partial charge in [-0.15, -0.1) is 23.2 Å². The Kier molecular flexibility index (Phi) is 6.76. The highest BCUT2D eigenvalue weighted by atomic mass is 35.5. The van der Waals surface area contributed by atoms with E-state index in [1.165, 1.54) is 26.4 Å². The van der Waals surface area contributed by atoms with Gasteiger partial charge >= 0.3 is 5.97 Å². The number of esters is 1. The number of amides is 3. The van der Waals surface area contributed by atoms with E-state index in [-0.39, 0.29) is 45.7 Å². The van der Waals surface area contributed by atoms with E-state index in [1.807, 2.05) is 0 Å². The van der Waals surface area contributed by atoms with Gasteiger partial charge in [0.05, 0.1) is 53.7 Å². The van der Waals surface area contributed by atoms with Crippen LogP contribution in [0.3, 0.4) is 0 Å². The van der Waals surface area contributed by atoms with Crippen LogP contribution in [0.1, 0.15) is 16.8 Å². The van der Waals surface area contributed by atoms with Gasteiger partial charge in [0.15, 0.2) is 6.61 Å². The Morgan fingerprint density at radius 3 is 2.27 bits per heavy atom. The number of carbonyl (C=O) groups excluding carboxylic acids is 4. The molecule has 3 amide bonds. The molecular formula is C26H24Cl2N2O7.